The predicted molar refractivity (Wildman–Crippen MR) is 122 cm³/mol. The molecule has 0 saturated carbocycles. The van der Waals surface area contributed by atoms with Gasteiger partial charge in [0, 0.05) is 28.7 Å². The average molecular weight is 493 g/mol. The smallest absolute Gasteiger partial charge is 0.269 e. The first-order chi connectivity index (χ1) is 13.9. The molecule has 1 fully saturated rings. The Hall–Kier alpha value is -2.23. The van der Waals surface area contributed by atoms with E-state index in [2.05, 4.69) is 15.9 Å². The van der Waals surface area contributed by atoms with E-state index >= 15 is 0 Å². The fraction of sp³-hybridized carbons (Fsp3) is 0.200. The SMILES string of the molecule is CCCN1C(=O)/C(=C\c2cc(Br)ccc2OCc2ccc([N+](=O)[O-])cc2)SC1=S. The van der Waals surface area contributed by atoms with Crippen molar-refractivity contribution < 1.29 is 14.5 Å². The lowest BCUT2D eigenvalue weighted by Crippen LogP contribution is -2.28. The normalized spacial score (nSPS) is 15.2. The van der Waals surface area contributed by atoms with Gasteiger partial charge in [-0.2, -0.15) is 0 Å². The second kappa shape index (κ2) is 9.51. The summed E-state index contributed by atoms with van der Waals surface area (Å²) >= 11 is 10.1. The van der Waals surface area contributed by atoms with Gasteiger partial charge in [0.2, 0.25) is 0 Å². The van der Waals surface area contributed by atoms with Crippen molar-refractivity contribution in [2.75, 3.05) is 6.54 Å². The summed E-state index contributed by atoms with van der Waals surface area (Å²) in [7, 11) is 0. The Kier molecular flexibility index (Phi) is 7.05. The predicted octanol–water partition coefficient (Wildman–Crippen LogP) is 5.55. The van der Waals surface area contributed by atoms with Gasteiger partial charge in [0.05, 0.1) is 9.83 Å². The van der Waals surface area contributed by atoms with Gasteiger partial charge < -0.3 is 4.74 Å². The first-order valence-corrected chi connectivity index (χ1v) is 10.8. The van der Waals surface area contributed by atoms with E-state index in [0.29, 0.717) is 21.5 Å². The first kappa shape index (κ1) is 21.5. The molecule has 0 radical (unpaired) electrons. The van der Waals surface area contributed by atoms with Gasteiger partial charge in [0.25, 0.3) is 11.6 Å². The molecule has 1 aliphatic rings. The molecule has 1 saturated heterocycles. The second-order valence-corrected chi connectivity index (χ2v) is 8.82. The van der Waals surface area contributed by atoms with Crippen LogP contribution in [0.4, 0.5) is 5.69 Å². The van der Waals surface area contributed by atoms with Crippen LogP contribution in [0.15, 0.2) is 51.8 Å². The van der Waals surface area contributed by atoms with Crippen LogP contribution in [0.5, 0.6) is 5.75 Å². The highest BCUT2D eigenvalue weighted by Crippen LogP contribution is 2.35. The van der Waals surface area contributed by atoms with Crippen molar-refractivity contribution in [1.82, 2.24) is 4.90 Å². The fourth-order valence-electron chi connectivity index (χ4n) is 2.70. The summed E-state index contributed by atoms with van der Waals surface area (Å²) in [5, 5.41) is 10.8. The molecule has 0 N–H and O–H groups in total. The molecule has 0 aromatic heterocycles. The maximum atomic E-state index is 12.6. The minimum atomic E-state index is -0.438. The van der Waals surface area contributed by atoms with Crippen LogP contribution in [0.3, 0.4) is 0 Å². The van der Waals surface area contributed by atoms with Crippen LogP contribution in [0.1, 0.15) is 24.5 Å². The molecule has 2 aromatic rings. The zero-order valence-corrected chi connectivity index (χ0v) is 18.7. The Balaban J connectivity index is 1.80. The molecular formula is C20H17BrN2O4S2. The van der Waals surface area contributed by atoms with Crippen LogP contribution in [0.25, 0.3) is 6.08 Å². The number of thioether (sulfide) groups is 1. The Bertz CT molecular complexity index is 992. The third-order valence-electron chi connectivity index (χ3n) is 4.12. The zero-order chi connectivity index (χ0) is 21.0. The van der Waals surface area contributed by atoms with Gasteiger partial charge in [-0.1, -0.05) is 46.8 Å². The van der Waals surface area contributed by atoms with Crippen molar-refractivity contribution in [2.45, 2.75) is 20.0 Å². The van der Waals surface area contributed by atoms with E-state index in [1.165, 1.54) is 23.9 Å². The number of benzene rings is 2. The van der Waals surface area contributed by atoms with Gasteiger partial charge in [-0.25, -0.2) is 0 Å². The standard InChI is InChI=1S/C20H17BrN2O4S2/c1-2-9-22-19(24)18(29-20(22)28)11-14-10-15(21)5-8-17(14)27-12-13-3-6-16(7-4-13)23(25)26/h3-8,10-11H,2,9,12H2,1H3/b18-11+. The van der Waals surface area contributed by atoms with Crippen molar-refractivity contribution in [1.29, 1.82) is 0 Å². The molecule has 1 heterocycles. The van der Waals surface area contributed by atoms with Gasteiger partial charge in [-0.3, -0.25) is 19.8 Å². The van der Waals surface area contributed by atoms with Crippen LogP contribution in [-0.2, 0) is 11.4 Å². The summed E-state index contributed by atoms with van der Waals surface area (Å²) < 4.78 is 7.34. The molecule has 0 bridgehead atoms. The number of nitrogens with zero attached hydrogens (tertiary/aromatic N) is 2. The maximum absolute atomic E-state index is 12.6. The third-order valence-corrected chi connectivity index (χ3v) is 5.99. The number of hydrogen-bond donors (Lipinski definition) is 0. The molecule has 0 aliphatic carbocycles. The van der Waals surface area contributed by atoms with E-state index in [4.69, 9.17) is 17.0 Å². The highest BCUT2D eigenvalue weighted by Gasteiger charge is 2.31. The highest BCUT2D eigenvalue weighted by atomic mass is 79.9. The summed E-state index contributed by atoms with van der Waals surface area (Å²) in [4.78, 5) is 25.1. The molecule has 0 spiro atoms. The molecule has 0 atom stereocenters. The number of amides is 1. The summed E-state index contributed by atoms with van der Waals surface area (Å²) in [6.45, 7) is 2.85. The van der Waals surface area contributed by atoms with Gasteiger partial charge in [-0.05, 0) is 48.4 Å². The van der Waals surface area contributed by atoms with E-state index in [1.54, 1.807) is 23.1 Å². The van der Waals surface area contributed by atoms with E-state index in [1.807, 2.05) is 25.1 Å². The number of non-ortho nitro benzene ring substituents is 1. The lowest BCUT2D eigenvalue weighted by Gasteiger charge is -2.12. The van der Waals surface area contributed by atoms with E-state index < -0.39 is 4.92 Å². The minimum Gasteiger partial charge on any atom is -0.488 e. The summed E-state index contributed by atoms with van der Waals surface area (Å²) in [6.07, 6.45) is 2.62. The van der Waals surface area contributed by atoms with Gasteiger partial charge in [-0.15, -0.1) is 0 Å². The number of nitro benzene ring substituents is 1. The lowest BCUT2D eigenvalue weighted by molar-refractivity contribution is -0.384. The van der Waals surface area contributed by atoms with Crippen LogP contribution in [0, 0.1) is 10.1 Å². The number of halogens is 1. The first-order valence-electron chi connectivity index (χ1n) is 8.80. The number of thiocarbonyl (C=S) groups is 1. The van der Waals surface area contributed by atoms with Crippen molar-refractivity contribution in [3.05, 3.63) is 73.1 Å². The maximum Gasteiger partial charge on any atom is 0.269 e. The van der Waals surface area contributed by atoms with E-state index in [0.717, 1.165) is 22.0 Å². The molecular weight excluding hydrogens is 476 g/mol. The Labute approximate surface area is 186 Å². The molecule has 1 aliphatic heterocycles. The summed E-state index contributed by atoms with van der Waals surface area (Å²) in [6, 6.07) is 11.7. The molecule has 6 nitrogen and oxygen atoms in total. The van der Waals surface area contributed by atoms with E-state index in [-0.39, 0.29) is 18.2 Å². The average Bonchev–Trinajstić information content (AvgIpc) is 2.95. The van der Waals surface area contributed by atoms with Gasteiger partial charge in [0.1, 0.15) is 16.7 Å². The third kappa shape index (κ3) is 5.23. The van der Waals surface area contributed by atoms with Crippen molar-refractivity contribution in [3.8, 4) is 5.75 Å². The molecule has 1 amide bonds. The molecule has 0 unspecified atom stereocenters. The van der Waals surface area contributed by atoms with Gasteiger partial charge in [0.15, 0.2) is 0 Å². The number of rotatable bonds is 7. The fourth-order valence-corrected chi connectivity index (χ4v) is 4.37. The van der Waals surface area contributed by atoms with Crippen molar-refractivity contribution in [2.24, 2.45) is 0 Å². The summed E-state index contributed by atoms with van der Waals surface area (Å²) in [5.41, 5.74) is 1.59. The Morgan fingerprint density at radius 1 is 1.28 bits per heavy atom. The van der Waals surface area contributed by atoms with E-state index in [9.17, 15) is 14.9 Å². The Morgan fingerprint density at radius 3 is 2.66 bits per heavy atom. The van der Waals surface area contributed by atoms with Crippen LogP contribution >= 0.6 is 39.9 Å². The van der Waals surface area contributed by atoms with Crippen molar-refractivity contribution >= 4 is 61.9 Å². The van der Waals surface area contributed by atoms with Crippen LogP contribution < -0.4 is 4.74 Å². The quantitative estimate of drug-likeness (QED) is 0.218. The zero-order valence-electron chi connectivity index (χ0n) is 15.5. The number of nitro groups is 1. The molecule has 3 rings (SSSR count). The van der Waals surface area contributed by atoms with Gasteiger partial charge >= 0.3 is 0 Å². The topological polar surface area (TPSA) is 72.7 Å². The number of ether oxygens (including phenoxy) is 1. The van der Waals surface area contributed by atoms with Crippen LogP contribution in [0.2, 0.25) is 0 Å². The number of carbonyl (C=O) groups excluding carboxylic acids is 1. The van der Waals surface area contributed by atoms with Crippen LogP contribution in [-0.4, -0.2) is 26.6 Å². The number of carbonyl (C=O) groups is 1. The van der Waals surface area contributed by atoms with Crippen molar-refractivity contribution in [3.63, 3.8) is 0 Å². The highest BCUT2D eigenvalue weighted by molar-refractivity contribution is 9.10. The molecule has 9 heteroatoms. The lowest BCUT2D eigenvalue weighted by atomic mass is 10.1. The molecule has 2 aromatic carbocycles. The molecule has 150 valence electrons. The monoisotopic (exact) mass is 492 g/mol. The number of hydrogen-bond acceptors (Lipinski definition) is 6. The molecule has 29 heavy (non-hydrogen) atoms. The summed E-state index contributed by atoms with van der Waals surface area (Å²) in [5.74, 6) is 0.510. The second-order valence-electron chi connectivity index (χ2n) is 6.23. The Morgan fingerprint density at radius 2 is 2.00 bits per heavy atom. The largest absolute Gasteiger partial charge is 0.488 e. The minimum absolute atomic E-state index is 0.0344.